The zero-order valence-electron chi connectivity index (χ0n) is 7.96. The van der Waals surface area contributed by atoms with E-state index in [1.165, 1.54) is 0 Å². The van der Waals surface area contributed by atoms with Gasteiger partial charge in [0.15, 0.2) is 0 Å². The lowest BCUT2D eigenvalue weighted by Crippen LogP contribution is -2.36. The van der Waals surface area contributed by atoms with Crippen LogP contribution in [0.2, 0.25) is 0 Å². The Morgan fingerprint density at radius 2 is 2.00 bits per heavy atom. The summed E-state index contributed by atoms with van der Waals surface area (Å²) >= 11 is 0. The molecule has 0 saturated heterocycles. The molecule has 0 aromatic heterocycles. The molecule has 0 atom stereocenters. The van der Waals surface area contributed by atoms with Gasteiger partial charge < -0.3 is 5.11 Å². The van der Waals surface area contributed by atoms with Gasteiger partial charge in [0.05, 0.1) is 5.60 Å². The van der Waals surface area contributed by atoms with Crippen molar-refractivity contribution in [1.29, 1.82) is 0 Å². The molecule has 0 spiro atoms. The van der Waals surface area contributed by atoms with Crippen LogP contribution in [0.5, 0.6) is 0 Å². The second-order valence-electron chi connectivity index (χ2n) is 3.58. The van der Waals surface area contributed by atoms with Crippen LogP contribution in [0.15, 0.2) is 12.2 Å². The van der Waals surface area contributed by atoms with Crippen molar-refractivity contribution in [3.05, 3.63) is 12.2 Å². The summed E-state index contributed by atoms with van der Waals surface area (Å²) in [6.07, 6.45) is 4.09. The minimum atomic E-state index is -0.587. The smallest absolute Gasteiger partial charge is 0.0718 e. The Morgan fingerprint density at radius 3 is 2.36 bits per heavy atom. The maximum absolute atomic E-state index is 9.42. The van der Waals surface area contributed by atoms with Gasteiger partial charge in [-0.15, -0.1) is 0 Å². The van der Waals surface area contributed by atoms with E-state index in [-0.39, 0.29) is 0 Å². The molecule has 0 fully saturated rings. The summed E-state index contributed by atoms with van der Waals surface area (Å²) in [7, 11) is 2.00. The fourth-order valence-corrected chi connectivity index (χ4v) is 1.01. The fraction of sp³-hybridized carbons (Fsp3) is 0.778. The summed E-state index contributed by atoms with van der Waals surface area (Å²) in [5.41, 5.74) is -0.587. The van der Waals surface area contributed by atoms with Crippen molar-refractivity contribution >= 4 is 0 Å². The third-order valence-corrected chi connectivity index (χ3v) is 1.31. The first kappa shape index (κ1) is 10.7. The van der Waals surface area contributed by atoms with E-state index in [0.29, 0.717) is 6.54 Å². The van der Waals surface area contributed by atoms with Crippen molar-refractivity contribution in [3.63, 3.8) is 0 Å². The van der Waals surface area contributed by atoms with Crippen molar-refractivity contribution in [2.75, 3.05) is 20.1 Å². The molecule has 1 N–H and O–H groups in total. The Kier molecular flexibility index (Phi) is 4.38. The Bertz CT molecular complexity index is 124. The fourth-order valence-electron chi connectivity index (χ4n) is 1.01. The predicted octanol–water partition coefficient (Wildman–Crippen LogP) is 1.27. The number of nitrogens with zero attached hydrogens (tertiary/aromatic N) is 1. The summed E-state index contributed by atoms with van der Waals surface area (Å²) in [6.45, 7) is 7.24. The van der Waals surface area contributed by atoms with E-state index >= 15 is 0 Å². The Labute approximate surface area is 69.5 Å². The summed E-state index contributed by atoms with van der Waals surface area (Å²) in [5.74, 6) is 0. The molecule has 0 unspecified atom stereocenters. The van der Waals surface area contributed by atoms with E-state index < -0.39 is 5.60 Å². The monoisotopic (exact) mass is 157 g/mol. The quantitative estimate of drug-likeness (QED) is 0.621. The molecule has 0 saturated carbocycles. The van der Waals surface area contributed by atoms with Gasteiger partial charge >= 0.3 is 0 Å². The Hall–Kier alpha value is -0.340. The highest BCUT2D eigenvalue weighted by Crippen LogP contribution is 2.02. The molecule has 0 rings (SSSR count). The molecular weight excluding hydrogens is 138 g/mol. The van der Waals surface area contributed by atoms with Crippen molar-refractivity contribution in [2.24, 2.45) is 0 Å². The van der Waals surface area contributed by atoms with Crippen molar-refractivity contribution in [1.82, 2.24) is 4.90 Å². The average molecular weight is 157 g/mol. The average Bonchev–Trinajstić information content (AvgIpc) is 1.79. The minimum absolute atomic E-state index is 0.587. The van der Waals surface area contributed by atoms with Crippen LogP contribution in [0, 0.1) is 0 Å². The minimum Gasteiger partial charge on any atom is -0.389 e. The van der Waals surface area contributed by atoms with Crippen LogP contribution in [0.4, 0.5) is 0 Å². The van der Waals surface area contributed by atoms with Crippen LogP contribution < -0.4 is 0 Å². The maximum atomic E-state index is 9.42. The first-order chi connectivity index (χ1) is 4.95. The van der Waals surface area contributed by atoms with E-state index in [1.54, 1.807) is 0 Å². The van der Waals surface area contributed by atoms with Crippen molar-refractivity contribution in [2.45, 2.75) is 26.4 Å². The number of hydrogen-bond acceptors (Lipinski definition) is 2. The SMILES string of the molecule is CC=CCN(C)CC(C)(C)O. The van der Waals surface area contributed by atoms with Crippen LogP contribution in [0.1, 0.15) is 20.8 Å². The van der Waals surface area contributed by atoms with Gasteiger partial charge in [-0.1, -0.05) is 12.2 Å². The van der Waals surface area contributed by atoms with Crippen LogP contribution in [0.3, 0.4) is 0 Å². The van der Waals surface area contributed by atoms with E-state index in [2.05, 4.69) is 11.0 Å². The highest BCUT2D eigenvalue weighted by atomic mass is 16.3. The Balaban J connectivity index is 3.60. The lowest BCUT2D eigenvalue weighted by molar-refractivity contribution is 0.0479. The second kappa shape index (κ2) is 4.52. The van der Waals surface area contributed by atoms with E-state index in [4.69, 9.17) is 0 Å². The number of allylic oxidation sites excluding steroid dienone is 1. The lowest BCUT2D eigenvalue weighted by atomic mass is 10.1. The van der Waals surface area contributed by atoms with Crippen LogP contribution >= 0.6 is 0 Å². The summed E-state index contributed by atoms with van der Waals surface area (Å²) in [6, 6.07) is 0. The van der Waals surface area contributed by atoms with Gasteiger partial charge in [-0.2, -0.15) is 0 Å². The zero-order chi connectivity index (χ0) is 8.91. The molecule has 0 aromatic rings. The highest BCUT2D eigenvalue weighted by Gasteiger charge is 2.13. The topological polar surface area (TPSA) is 23.5 Å². The Morgan fingerprint density at radius 1 is 1.45 bits per heavy atom. The molecule has 0 bridgehead atoms. The summed E-state index contributed by atoms with van der Waals surface area (Å²) in [4.78, 5) is 2.08. The van der Waals surface area contributed by atoms with Gasteiger partial charge in [-0.05, 0) is 27.8 Å². The van der Waals surface area contributed by atoms with Crippen molar-refractivity contribution in [3.8, 4) is 0 Å². The standard InChI is InChI=1S/C9H19NO/c1-5-6-7-10(4)8-9(2,3)11/h5-6,11H,7-8H2,1-4H3. The summed E-state index contributed by atoms with van der Waals surface area (Å²) < 4.78 is 0. The maximum Gasteiger partial charge on any atom is 0.0718 e. The molecule has 2 nitrogen and oxygen atoms in total. The molecule has 2 heteroatoms. The molecule has 0 aliphatic rings. The molecule has 0 aromatic carbocycles. The van der Waals surface area contributed by atoms with E-state index in [0.717, 1.165) is 6.54 Å². The number of likely N-dealkylation sites (N-methyl/N-ethyl adjacent to an activating group) is 1. The lowest BCUT2D eigenvalue weighted by Gasteiger charge is -2.24. The predicted molar refractivity (Wildman–Crippen MR) is 48.6 cm³/mol. The van der Waals surface area contributed by atoms with Crippen molar-refractivity contribution < 1.29 is 5.11 Å². The normalized spacial score (nSPS) is 13.3. The number of aliphatic hydroxyl groups is 1. The van der Waals surface area contributed by atoms with Gasteiger partial charge in [0.2, 0.25) is 0 Å². The van der Waals surface area contributed by atoms with Gasteiger partial charge in [0.1, 0.15) is 0 Å². The number of hydrogen-bond donors (Lipinski definition) is 1. The summed E-state index contributed by atoms with van der Waals surface area (Å²) in [5, 5.41) is 9.42. The first-order valence-electron chi connectivity index (χ1n) is 3.98. The molecular formula is C9H19NO. The van der Waals surface area contributed by atoms with E-state index in [9.17, 15) is 5.11 Å². The number of rotatable bonds is 4. The third kappa shape index (κ3) is 7.56. The second-order valence-corrected chi connectivity index (χ2v) is 3.58. The van der Waals surface area contributed by atoms with Gasteiger partial charge in [0.25, 0.3) is 0 Å². The van der Waals surface area contributed by atoms with Crippen LogP contribution in [0.25, 0.3) is 0 Å². The molecule has 0 aliphatic heterocycles. The largest absolute Gasteiger partial charge is 0.389 e. The molecule has 11 heavy (non-hydrogen) atoms. The van der Waals surface area contributed by atoms with E-state index in [1.807, 2.05) is 33.9 Å². The molecule has 66 valence electrons. The highest BCUT2D eigenvalue weighted by molar-refractivity contribution is 4.82. The molecule has 0 radical (unpaired) electrons. The van der Waals surface area contributed by atoms with Gasteiger partial charge in [0, 0.05) is 13.1 Å². The van der Waals surface area contributed by atoms with Gasteiger partial charge in [-0.3, -0.25) is 4.90 Å². The van der Waals surface area contributed by atoms with Crippen LogP contribution in [-0.2, 0) is 0 Å². The van der Waals surface area contributed by atoms with Crippen LogP contribution in [-0.4, -0.2) is 35.7 Å². The molecule has 0 amide bonds. The first-order valence-corrected chi connectivity index (χ1v) is 3.98. The van der Waals surface area contributed by atoms with Gasteiger partial charge in [-0.25, -0.2) is 0 Å². The third-order valence-electron chi connectivity index (χ3n) is 1.31. The zero-order valence-corrected chi connectivity index (χ0v) is 7.96. The molecule has 0 heterocycles. The molecule has 0 aliphatic carbocycles.